The number of rotatable bonds is 5. The van der Waals surface area contributed by atoms with Crippen LogP contribution in [0.15, 0.2) is 60.9 Å². The van der Waals surface area contributed by atoms with E-state index in [2.05, 4.69) is 25.1 Å². The molecule has 7 heteroatoms. The van der Waals surface area contributed by atoms with E-state index in [-0.39, 0.29) is 5.91 Å². The molecule has 1 fully saturated rings. The fourth-order valence-corrected chi connectivity index (χ4v) is 3.57. The van der Waals surface area contributed by atoms with Crippen molar-refractivity contribution in [3.8, 4) is 5.75 Å². The summed E-state index contributed by atoms with van der Waals surface area (Å²) in [5, 5.41) is 2.92. The molecule has 2 aromatic heterocycles. The lowest BCUT2D eigenvalue weighted by atomic mass is 10.1. The number of aryl methyl sites for hydroxylation is 1. The smallest absolute Gasteiger partial charge is 0.255 e. The normalized spacial score (nSPS) is 13.8. The predicted molar refractivity (Wildman–Crippen MR) is 119 cm³/mol. The van der Waals surface area contributed by atoms with Crippen LogP contribution in [0.5, 0.6) is 5.75 Å². The van der Waals surface area contributed by atoms with Crippen LogP contribution >= 0.6 is 0 Å². The lowest BCUT2D eigenvalue weighted by molar-refractivity contribution is 0.102. The zero-order valence-corrected chi connectivity index (χ0v) is 17.2. The summed E-state index contributed by atoms with van der Waals surface area (Å²) < 4.78 is 5.20. The van der Waals surface area contributed by atoms with Gasteiger partial charge in [0.25, 0.3) is 5.91 Å². The van der Waals surface area contributed by atoms with E-state index in [4.69, 9.17) is 4.74 Å². The average molecular weight is 403 g/mol. The maximum Gasteiger partial charge on any atom is 0.255 e. The zero-order valence-electron chi connectivity index (χ0n) is 17.2. The van der Waals surface area contributed by atoms with E-state index in [1.165, 1.54) is 0 Å². The molecular formula is C23H25N5O2. The number of anilines is 3. The Hall–Kier alpha value is -3.61. The van der Waals surface area contributed by atoms with Gasteiger partial charge in [-0.05, 0) is 55.0 Å². The first-order valence-corrected chi connectivity index (χ1v) is 9.97. The number of amides is 1. The number of methoxy groups -OCH3 is 1. The van der Waals surface area contributed by atoms with Gasteiger partial charge in [-0.3, -0.25) is 4.79 Å². The summed E-state index contributed by atoms with van der Waals surface area (Å²) in [6, 6.07) is 15.2. The van der Waals surface area contributed by atoms with Crippen LogP contribution in [-0.4, -0.2) is 49.2 Å². The van der Waals surface area contributed by atoms with E-state index in [0.29, 0.717) is 11.3 Å². The molecular weight excluding hydrogens is 378 g/mol. The first-order chi connectivity index (χ1) is 14.6. The summed E-state index contributed by atoms with van der Waals surface area (Å²) in [7, 11) is 1.61. The third kappa shape index (κ3) is 4.35. The van der Waals surface area contributed by atoms with Gasteiger partial charge in [-0.2, -0.15) is 0 Å². The molecule has 1 N–H and O–H groups in total. The van der Waals surface area contributed by atoms with Gasteiger partial charge in [-0.1, -0.05) is 6.07 Å². The Labute approximate surface area is 176 Å². The molecule has 0 radical (unpaired) electrons. The number of aromatic nitrogens is 2. The topological polar surface area (TPSA) is 70.6 Å². The van der Waals surface area contributed by atoms with Crippen molar-refractivity contribution < 1.29 is 9.53 Å². The van der Waals surface area contributed by atoms with Crippen LogP contribution in [0.2, 0.25) is 0 Å². The van der Waals surface area contributed by atoms with Crippen molar-refractivity contribution in [1.82, 2.24) is 9.97 Å². The molecule has 1 aliphatic rings. The second-order valence-electron chi connectivity index (χ2n) is 7.20. The first-order valence-electron chi connectivity index (χ1n) is 9.97. The third-order valence-corrected chi connectivity index (χ3v) is 5.26. The molecule has 1 aromatic carbocycles. The van der Waals surface area contributed by atoms with Crippen molar-refractivity contribution in [2.75, 3.05) is 48.4 Å². The van der Waals surface area contributed by atoms with Gasteiger partial charge in [0.1, 0.15) is 17.4 Å². The molecule has 0 unspecified atom stereocenters. The van der Waals surface area contributed by atoms with Crippen molar-refractivity contribution in [3.63, 3.8) is 0 Å². The quantitative estimate of drug-likeness (QED) is 0.704. The van der Waals surface area contributed by atoms with Gasteiger partial charge in [0.05, 0.1) is 19.0 Å². The highest BCUT2D eigenvalue weighted by molar-refractivity contribution is 6.05. The summed E-state index contributed by atoms with van der Waals surface area (Å²) >= 11 is 0. The molecule has 0 atom stereocenters. The molecule has 0 bridgehead atoms. The number of nitrogens with one attached hydrogen (secondary N) is 1. The third-order valence-electron chi connectivity index (χ3n) is 5.26. The van der Waals surface area contributed by atoms with Gasteiger partial charge in [0.2, 0.25) is 0 Å². The van der Waals surface area contributed by atoms with E-state index in [1.54, 1.807) is 25.4 Å². The van der Waals surface area contributed by atoms with Crippen LogP contribution in [0.1, 0.15) is 15.9 Å². The second kappa shape index (κ2) is 8.82. The van der Waals surface area contributed by atoms with E-state index >= 15 is 0 Å². The maximum absolute atomic E-state index is 12.6. The van der Waals surface area contributed by atoms with Gasteiger partial charge in [0.15, 0.2) is 0 Å². The number of benzene rings is 1. The molecule has 154 valence electrons. The largest absolute Gasteiger partial charge is 0.497 e. The van der Waals surface area contributed by atoms with Crippen LogP contribution in [0.4, 0.5) is 17.3 Å². The zero-order chi connectivity index (χ0) is 20.9. The lowest BCUT2D eigenvalue weighted by Gasteiger charge is -2.36. The van der Waals surface area contributed by atoms with Crippen molar-refractivity contribution in [3.05, 3.63) is 72.1 Å². The van der Waals surface area contributed by atoms with Crippen molar-refractivity contribution in [2.24, 2.45) is 0 Å². The molecule has 1 aliphatic heterocycles. The number of hydrogen-bond donors (Lipinski definition) is 1. The SMILES string of the molecule is COc1ccc(C(=O)Nc2ccc(N3CCN(c4ccccn4)CC3)nc2)c(C)c1. The van der Waals surface area contributed by atoms with Crippen molar-refractivity contribution in [2.45, 2.75) is 6.92 Å². The van der Waals surface area contributed by atoms with Crippen molar-refractivity contribution >= 4 is 23.2 Å². The van der Waals surface area contributed by atoms with Crippen LogP contribution in [0, 0.1) is 6.92 Å². The van der Waals surface area contributed by atoms with Crippen LogP contribution in [0.3, 0.4) is 0 Å². The number of ether oxygens (including phenoxy) is 1. The molecule has 3 heterocycles. The van der Waals surface area contributed by atoms with Crippen LogP contribution in [-0.2, 0) is 0 Å². The minimum atomic E-state index is -0.159. The van der Waals surface area contributed by atoms with E-state index in [9.17, 15) is 4.79 Å². The van der Waals surface area contributed by atoms with Crippen molar-refractivity contribution in [1.29, 1.82) is 0 Å². The highest BCUT2D eigenvalue weighted by Gasteiger charge is 2.19. The van der Waals surface area contributed by atoms with Gasteiger partial charge in [-0.15, -0.1) is 0 Å². The summed E-state index contributed by atoms with van der Waals surface area (Å²) in [6.45, 7) is 5.44. The number of piperazine rings is 1. The van der Waals surface area contributed by atoms with E-state index in [0.717, 1.165) is 49.1 Å². The number of nitrogens with zero attached hydrogens (tertiary/aromatic N) is 4. The Morgan fingerprint density at radius 3 is 2.27 bits per heavy atom. The number of carbonyl (C=O) groups is 1. The standard InChI is InChI=1S/C23H25N5O2/c1-17-15-19(30-2)7-8-20(17)23(29)26-18-6-9-22(25-16-18)28-13-11-27(12-14-28)21-5-3-4-10-24-21/h3-10,15-16H,11-14H2,1-2H3,(H,26,29). The van der Waals surface area contributed by atoms with E-state index in [1.807, 2.05) is 49.5 Å². The maximum atomic E-state index is 12.6. The van der Waals surface area contributed by atoms with Crippen LogP contribution < -0.4 is 19.9 Å². The Bertz CT molecular complexity index is 1000. The molecule has 1 amide bonds. The fourth-order valence-electron chi connectivity index (χ4n) is 3.57. The van der Waals surface area contributed by atoms with E-state index < -0.39 is 0 Å². The highest BCUT2D eigenvalue weighted by Crippen LogP contribution is 2.21. The fraction of sp³-hybridized carbons (Fsp3) is 0.261. The number of hydrogen-bond acceptors (Lipinski definition) is 6. The molecule has 30 heavy (non-hydrogen) atoms. The van der Waals surface area contributed by atoms with Crippen LogP contribution in [0.25, 0.3) is 0 Å². The molecule has 0 aliphatic carbocycles. The molecule has 0 saturated carbocycles. The Balaban J connectivity index is 1.36. The van der Waals surface area contributed by atoms with Gasteiger partial charge < -0.3 is 19.9 Å². The lowest BCUT2D eigenvalue weighted by Crippen LogP contribution is -2.47. The summed E-state index contributed by atoms with van der Waals surface area (Å²) in [5.41, 5.74) is 2.15. The molecule has 3 aromatic rings. The number of pyridine rings is 2. The second-order valence-corrected chi connectivity index (χ2v) is 7.20. The summed E-state index contributed by atoms with van der Waals surface area (Å²) in [5.74, 6) is 2.50. The first kappa shape index (κ1) is 19.7. The molecule has 0 spiro atoms. The predicted octanol–water partition coefficient (Wildman–Crippen LogP) is 3.37. The van der Waals surface area contributed by atoms with Gasteiger partial charge in [-0.25, -0.2) is 9.97 Å². The Morgan fingerprint density at radius 1 is 0.967 bits per heavy atom. The monoisotopic (exact) mass is 403 g/mol. The highest BCUT2D eigenvalue weighted by atomic mass is 16.5. The average Bonchev–Trinajstić information content (AvgIpc) is 2.80. The van der Waals surface area contributed by atoms with Gasteiger partial charge in [0, 0.05) is 37.9 Å². The summed E-state index contributed by atoms with van der Waals surface area (Å²) in [6.07, 6.45) is 3.53. The number of carbonyl (C=O) groups excluding carboxylic acids is 1. The van der Waals surface area contributed by atoms with Gasteiger partial charge >= 0.3 is 0 Å². The Kier molecular flexibility index (Phi) is 5.79. The minimum absolute atomic E-state index is 0.159. The molecule has 7 nitrogen and oxygen atoms in total. The molecule has 1 saturated heterocycles. The minimum Gasteiger partial charge on any atom is -0.497 e. The molecule has 4 rings (SSSR count). The Morgan fingerprint density at radius 2 is 1.70 bits per heavy atom. The summed E-state index contributed by atoms with van der Waals surface area (Å²) in [4.78, 5) is 26.1.